The Hall–Kier alpha value is -0.340. The molecular weight excluding hydrogens is 172 g/mol. The lowest BCUT2D eigenvalue weighted by atomic mass is 9.87. The molecule has 0 amide bonds. The van der Waals surface area contributed by atoms with E-state index in [-0.39, 0.29) is 5.41 Å². The van der Waals surface area contributed by atoms with Crippen LogP contribution in [0.3, 0.4) is 0 Å². The van der Waals surface area contributed by atoms with Crippen LogP contribution in [0.4, 0.5) is 0 Å². The lowest BCUT2D eigenvalue weighted by Gasteiger charge is -2.33. The van der Waals surface area contributed by atoms with Crippen LogP contribution in [0.1, 0.15) is 33.6 Å². The van der Waals surface area contributed by atoms with Gasteiger partial charge in [-0.05, 0) is 31.3 Å². The molecule has 2 nitrogen and oxygen atoms in total. The fourth-order valence-electron chi connectivity index (χ4n) is 1.59. The molecule has 0 saturated heterocycles. The van der Waals surface area contributed by atoms with Gasteiger partial charge < -0.3 is 5.73 Å². The van der Waals surface area contributed by atoms with Gasteiger partial charge in [0.1, 0.15) is 0 Å². The van der Waals surface area contributed by atoms with Gasteiger partial charge in [0, 0.05) is 13.1 Å². The average molecular weight is 198 g/mol. The second-order valence-corrected chi connectivity index (χ2v) is 4.39. The van der Waals surface area contributed by atoms with E-state index in [2.05, 4.69) is 32.3 Å². The molecule has 0 radical (unpaired) electrons. The van der Waals surface area contributed by atoms with Gasteiger partial charge in [0.05, 0.1) is 0 Å². The summed E-state index contributed by atoms with van der Waals surface area (Å²) < 4.78 is 0. The van der Waals surface area contributed by atoms with Crippen molar-refractivity contribution in [3.63, 3.8) is 0 Å². The van der Waals surface area contributed by atoms with Crippen LogP contribution in [0, 0.1) is 5.41 Å². The maximum atomic E-state index is 5.81. The van der Waals surface area contributed by atoms with Crippen LogP contribution in [0.5, 0.6) is 0 Å². The fraction of sp³-hybridized carbons (Fsp3) is 0.833. The Bertz CT molecular complexity index is 150. The van der Waals surface area contributed by atoms with Gasteiger partial charge in [0.25, 0.3) is 0 Å². The van der Waals surface area contributed by atoms with E-state index in [0.717, 1.165) is 32.6 Å². The molecule has 0 aromatic heterocycles. The zero-order chi connectivity index (χ0) is 11.0. The second kappa shape index (κ2) is 7.02. The first-order valence-electron chi connectivity index (χ1n) is 5.65. The van der Waals surface area contributed by atoms with E-state index in [1.165, 1.54) is 6.42 Å². The normalized spacial score (nSPS) is 15.5. The van der Waals surface area contributed by atoms with E-state index in [4.69, 9.17) is 5.73 Å². The number of hydrogen-bond donors (Lipinski definition) is 1. The van der Waals surface area contributed by atoms with Crippen molar-refractivity contribution < 1.29 is 0 Å². The molecule has 2 heteroatoms. The zero-order valence-electron chi connectivity index (χ0n) is 10.1. The van der Waals surface area contributed by atoms with E-state index in [9.17, 15) is 0 Å². The second-order valence-electron chi connectivity index (χ2n) is 4.39. The Morgan fingerprint density at radius 2 is 2.07 bits per heavy atom. The Morgan fingerprint density at radius 3 is 2.43 bits per heavy atom. The standard InChI is InChI=1S/C12H26N2/c1-5-8-14(9-6-2)11-12(4,7-3)10-13/h5H,1,6-11,13H2,2-4H3. The van der Waals surface area contributed by atoms with Crippen LogP contribution in [-0.4, -0.2) is 31.1 Å². The minimum Gasteiger partial charge on any atom is -0.330 e. The number of hydrogen-bond acceptors (Lipinski definition) is 2. The smallest absolute Gasteiger partial charge is 0.0160 e. The first kappa shape index (κ1) is 13.7. The molecule has 0 aliphatic rings. The van der Waals surface area contributed by atoms with Crippen molar-refractivity contribution in [3.8, 4) is 0 Å². The highest BCUT2D eigenvalue weighted by Crippen LogP contribution is 2.20. The van der Waals surface area contributed by atoms with Crippen LogP contribution in [0.2, 0.25) is 0 Å². The third-order valence-electron chi connectivity index (χ3n) is 2.88. The van der Waals surface area contributed by atoms with Crippen molar-refractivity contribution in [2.75, 3.05) is 26.2 Å². The van der Waals surface area contributed by atoms with E-state index in [1.807, 2.05) is 6.08 Å². The summed E-state index contributed by atoms with van der Waals surface area (Å²) in [7, 11) is 0. The summed E-state index contributed by atoms with van der Waals surface area (Å²) in [5, 5.41) is 0. The number of nitrogens with zero attached hydrogens (tertiary/aromatic N) is 1. The molecule has 0 aliphatic carbocycles. The maximum absolute atomic E-state index is 5.81. The summed E-state index contributed by atoms with van der Waals surface area (Å²) >= 11 is 0. The number of nitrogens with two attached hydrogens (primary N) is 1. The topological polar surface area (TPSA) is 29.3 Å². The van der Waals surface area contributed by atoms with Gasteiger partial charge in [-0.3, -0.25) is 4.90 Å². The van der Waals surface area contributed by atoms with Gasteiger partial charge in [0.15, 0.2) is 0 Å². The molecule has 0 spiro atoms. The zero-order valence-corrected chi connectivity index (χ0v) is 10.1. The van der Waals surface area contributed by atoms with Crippen molar-refractivity contribution >= 4 is 0 Å². The molecule has 2 N–H and O–H groups in total. The van der Waals surface area contributed by atoms with Crippen molar-refractivity contribution in [1.29, 1.82) is 0 Å². The first-order valence-corrected chi connectivity index (χ1v) is 5.65. The van der Waals surface area contributed by atoms with E-state index in [0.29, 0.717) is 0 Å². The monoisotopic (exact) mass is 198 g/mol. The van der Waals surface area contributed by atoms with Crippen molar-refractivity contribution in [2.24, 2.45) is 11.1 Å². The van der Waals surface area contributed by atoms with E-state index >= 15 is 0 Å². The Kier molecular flexibility index (Phi) is 6.85. The molecule has 0 aromatic carbocycles. The largest absolute Gasteiger partial charge is 0.330 e. The summed E-state index contributed by atoms with van der Waals surface area (Å²) in [6, 6.07) is 0. The molecule has 1 unspecified atom stereocenters. The van der Waals surface area contributed by atoms with Gasteiger partial charge in [-0.25, -0.2) is 0 Å². The van der Waals surface area contributed by atoms with Crippen LogP contribution in [0.25, 0.3) is 0 Å². The molecule has 0 aliphatic heterocycles. The highest BCUT2D eigenvalue weighted by molar-refractivity contribution is 4.81. The summed E-state index contributed by atoms with van der Waals surface area (Å²) in [4.78, 5) is 2.43. The van der Waals surface area contributed by atoms with Gasteiger partial charge in [-0.2, -0.15) is 0 Å². The van der Waals surface area contributed by atoms with Crippen molar-refractivity contribution in [2.45, 2.75) is 33.6 Å². The van der Waals surface area contributed by atoms with Crippen molar-refractivity contribution in [3.05, 3.63) is 12.7 Å². The highest BCUT2D eigenvalue weighted by atomic mass is 15.1. The number of rotatable bonds is 8. The van der Waals surface area contributed by atoms with Gasteiger partial charge in [0.2, 0.25) is 0 Å². The van der Waals surface area contributed by atoms with Gasteiger partial charge in [-0.1, -0.05) is 26.8 Å². The summed E-state index contributed by atoms with van der Waals surface area (Å²) in [6.07, 6.45) is 4.31. The molecule has 1 atom stereocenters. The Balaban J connectivity index is 4.16. The Labute approximate surface area is 89.2 Å². The molecule has 84 valence electrons. The minimum atomic E-state index is 0.262. The summed E-state index contributed by atoms with van der Waals surface area (Å²) in [6.45, 7) is 14.4. The average Bonchev–Trinajstić information content (AvgIpc) is 2.18. The van der Waals surface area contributed by atoms with Crippen LogP contribution in [0.15, 0.2) is 12.7 Å². The Morgan fingerprint density at radius 1 is 1.43 bits per heavy atom. The molecule has 0 aromatic rings. The molecule has 14 heavy (non-hydrogen) atoms. The SMILES string of the molecule is C=CCN(CCC)CC(C)(CC)CN. The molecule has 0 fully saturated rings. The lowest BCUT2D eigenvalue weighted by molar-refractivity contribution is 0.177. The summed E-state index contributed by atoms with van der Waals surface area (Å²) in [5.41, 5.74) is 6.07. The van der Waals surface area contributed by atoms with Crippen LogP contribution < -0.4 is 5.73 Å². The highest BCUT2D eigenvalue weighted by Gasteiger charge is 2.22. The molecule has 0 heterocycles. The molecule has 0 saturated carbocycles. The fourth-order valence-corrected chi connectivity index (χ4v) is 1.59. The van der Waals surface area contributed by atoms with Crippen LogP contribution >= 0.6 is 0 Å². The van der Waals surface area contributed by atoms with Gasteiger partial charge in [-0.15, -0.1) is 6.58 Å². The van der Waals surface area contributed by atoms with E-state index < -0.39 is 0 Å². The van der Waals surface area contributed by atoms with Crippen LogP contribution in [-0.2, 0) is 0 Å². The molecule has 0 bridgehead atoms. The molecular formula is C12H26N2. The van der Waals surface area contributed by atoms with Crippen molar-refractivity contribution in [1.82, 2.24) is 4.90 Å². The predicted octanol–water partition coefficient (Wildman–Crippen LogP) is 2.26. The summed E-state index contributed by atoms with van der Waals surface area (Å²) in [5.74, 6) is 0. The molecule has 0 rings (SSSR count). The van der Waals surface area contributed by atoms with E-state index in [1.54, 1.807) is 0 Å². The quantitative estimate of drug-likeness (QED) is 0.606. The third-order valence-corrected chi connectivity index (χ3v) is 2.88. The predicted molar refractivity (Wildman–Crippen MR) is 64.4 cm³/mol. The third kappa shape index (κ3) is 4.77. The first-order chi connectivity index (χ1) is 6.61. The minimum absolute atomic E-state index is 0.262. The van der Waals surface area contributed by atoms with Gasteiger partial charge >= 0.3 is 0 Å². The maximum Gasteiger partial charge on any atom is 0.0160 e. The lowest BCUT2D eigenvalue weighted by Crippen LogP contribution is -2.40.